The minimum atomic E-state index is -0.000190. The van der Waals surface area contributed by atoms with Crippen LogP contribution in [0.1, 0.15) is 11.1 Å². The van der Waals surface area contributed by atoms with E-state index in [0.717, 1.165) is 44.0 Å². The van der Waals surface area contributed by atoms with E-state index in [-0.39, 0.29) is 6.03 Å². The summed E-state index contributed by atoms with van der Waals surface area (Å²) in [5.74, 6) is 0. The highest BCUT2D eigenvalue weighted by atomic mass is 16.2. The maximum atomic E-state index is 12.6. The van der Waals surface area contributed by atoms with Crippen LogP contribution in [0.3, 0.4) is 0 Å². The highest BCUT2D eigenvalue weighted by Crippen LogP contribution is 2.14. The van der Waals surface area contributed by atoms with Gasteiger partial charge in [0.05, 0.1) is 12.0 Å². The summed E-state index contributed by atoms with van der Waals surface area (Å²) in [6, 6.07) is 18.5. The predicted octanol–water partition coefficient (Wildman–Crippen LogP) is 2.90. The Bertz CT molecular complexity index is 886. The van der Waals surface area contributed by atoms with E-state index in [4.69, 9.17) is 0 Å². The Hall–Kier alpha value is -3.12. The van der Waals surface area contributed by atoms with Crippen LogP contribution in [0.5, 0.6) is 0 Å². The van der Waals surface area contributed by atoms with Gasteiger partial charge in [0.2, 0.25) is 0 Å². The number of benzene rings is 2. The molecule has 0 bridgehead atoms. The fraction of sp³-hybridized carbons (Fsp3) is 0.273. The lowest BCUT2D eigenvalue weighted by Gasteiger charge is -2.34. The van der Waals surface area contributed by atoms with E-state index in [2.05, 4.69) is 39.5 Å². The second-order valence-electron chi connectivity index (χ2n) is 7.01. The van der Waals surface area contributed by atoms with Gasteiger partial charge in [-0.15, -0.1) is 0 Å². The zero-order valence-electron chi connectivity index (χ0n) is 15.9. The molecule has 1 saturated heterocycles. The zero-order valence-corrected chi connectivity index (χ0v) is 15.9. The quantitative estimate of drug-likeness (QED) is 0.746. The Labute approximate surface area is 165 Å². The number of urea groups is 1. The van der Waals surface area contributed by atoms with Crippen LogP contribution < -0.4 is 5.32 Å². The third-order valence-corrected chi connectivity index (χ3v) is 5.11. The van der Waals surface area contributed by atoms with Crippen LogP contribution in [-0.2, 0) is 13.1 Å². The van der Waals surface area contributed by atoms with Gasteiger partial charge in [0.25, 0.3) is 0 Å². The summed E-state index contributed by atoms with van der Waals surface area (Å²) in [4.78, 5) is 21.0. The predicted molar refractivity (Wildman–Crippen MR) is 109 cm³/mol. The van der Waals surface area contributed by atoms with Crippen LogP contribution in [0.4, 0.5) is 4.79 Å². The summed E-state index contributed by atoms with van der Waals surface area (Å²) < 4.78 is 1.96. The second-order valence-corrected chi connectivity index (χ2v) is 7.01. The molecule has 0 atom stereocenters. The van der Waals surface area contributed by atoms with Crippen LogP contribution in [0.15, 0.2) is 73.3 Å². The maximum absolute atomic E-state index is 12.6. The van der Waals surface area contributed by atoms with Crippen LogP contribution in [0.25, 0.3) is 5.69 Å². The number of imidazole rings is 1. The van der Waals surface area contributed by atoms with Gasteiger partial charge in [0.15, 0.2) is 0 Å². The molecule has 2 heterocycles. The van der Waals surface area contributed by atoms with Crippen molar-refractivity contribution in [3.05, 3.63) is 84.4 Å². The van der Waals surface area contributed by atoms with Crippen LogP contribution in [-0.4, -0.2) is 51.6 Å². The Morgan fingerprint density at radius 2 is 1.71 bits per heavy atom. The fourth-order valence-corrected chi connectivity index (χ4v) is 3.55. The van der Waals surface area contributed by atoms with Gasteiger partial charge in [-0.3, -0.25) is 4.90 Å². The number of para-hydroxylation sites is 1. The third kappa shape index (κ3) is 4.40. The zero-order chi connectivity index (χ0) is 19.2. The molecule has 4 rings (SSSR count). The van der Waals surface area contributed by atoms with E-state index < -0.39 is 0 Å². The molecule has 1 aliphatic heterocycles. The topological polar surface area (TPSA) is 53.4 Å². The highest BCUT2D eigenvalue weighted by Gasteiger charge is 2.21. The molecule has 1 N–H and O–H groups in total. The van der Waals surface area contributed by atoms with Crippen molar-refractivity contribution in [3.63, 3.8) is 0 Å². The summed E-state index contributed by atoms with van der Waals surface area (Å²) in [5, 5.41) is 3.07. The van der Waals surface area contributed by atoms with E-state index in [1.165, 1.54) is 5.56 Å². The SMILES string of the molecule is O=C(NCc1ccccc1-n1ccnc1)N1CCN(Cc2ccccc2)CC1. The second kappa shape index (κ2) is 8.71. The van der Waals surface area contributed by atoms with E-state index in [1.54, 1.807) is 12.5 Å². The Morgan fingerprint density at radius 3 is 2.46 bits per heavy atom. The van der Waals surface area contributed by atoms with Gasteiger partial charge >= 0.3 is 6.03 Å². The van der Waals surface area contributed by atoms with Gasteiger partial charge in [0, 0.05) is 51.7 Å². The molecule has 6 heteroatoms. The average Bonchev–Trinajstić information content (AvgIpc) is 3.28. The molecule has 0 spiro atoms. The summed E-state index contributed by atoms with van der Waals surface area (Å²) in [7, 11) is 0. The first-order chi connectivity index (χ1) is 13.8. The molecule has 3 aromatic rings. The highest BCUT2D eigenvalue weighted by molar-refractivity contribution is 5.74. The molecule has 2 aromatic carbocycles. The van der Waals surface area contributed by atoms with Crippen LogP contribution in [0.2, 0.25) is 0 Å². The third-order valence-electron chi connectivity index (χ3n) is 5.11. The van der Waals surface area contributed by atoms with Gasteiger partial charge in [-0.05, 0) is 17.2 Å². The van der Waals surface area contributed by atoms with Gasteiger partial charge in [0.1, 0.15) is 0 Å². The molecule has 1 aliphatic rings. The smallest absolute Gasteiger partial charge is 0.317 e. The molecule has 0 radical (unpaired) electrons. The number of nitrogens with one attached hydrogen (secondary N) is 1. The van der Waals surface area contributed by atoms with Crippen LogP contribution in [0, 0.1) is 0 Å². The Balaban J connectivity index is 1.29. The number of aromatic nitrogens is 2. The first-order valence-electron chi connectivity index (χ1n) is 9.65. The maximum Gasteiger partial charge on any atom is 0.317 e. The number of nitrogens with zero attached hydrogens (tertiary/aromatic N) is 4. The number of carbonyl (C=O) groups is 1. The summed E-state index contributed by atoms with van der Waals surface area (Å²) >= 11 is 0. The number of carbonyl (C=O) groups excluding carboxylic acids is 1. The summed E-state index contributed by atoms with van der Waals surface area (Å²) in [6.07, 6.45) is 5.43. The molecule has 0 unspecified atom stereocenters. The lowest BCUT2D eigenvalue weighted by molar-refractivity contribution is 0.135. The monoisotopic (exact) mass is 375 g/mol. The summed E-state index contributed by atoms with van der Waals surface area (Å²) in [5.41, 5.74) is 3.42. The van der Waals surface area contributed by atoms with E-state index >= 15 is 0 Å². The molecule has 0 aliphatic carbocycles. The van der Waals surface area contributed by atoms with Crippen molar-refractivity contribution in [3.8, 4) is 5.69 Å². The normalized spacial score (nSPS) is 14.8. The minimum absolute atomic E-state index is 0.000190. The molecule has 2 amide bonds. The van der Waals surface area contributed by atoms with Crippen molar-refractivity contribution in [1.29, 1.82) is 0 Å². The Kier molecular flexibility index (Phi) is 5.68. The lowest BCUT2D eigenvalue weighted by Crippen LogP contribution is -2.51. The average molecular weight is 375 g/mol. The minimum Gasteiger partial charge on any atom is -0.334 e. The van der Waals surface area contributed by atoms with E-state index in [9.17, 15) is 4.79 Å². The Morgan fingerprint density at radius 1 is 0.964 bits per heavy atom. The first kappa shape index (κ1) is 18.3. The number of amides is 2. The molecular formula is C22H25N5O. The molecule has 28 heavy (non-hydrogen) atoms. The molecular weight excluding hydrogens is 350 g/mol. The van der Waals surface area contributed by atoms with Crippen molar-refractivity contribution >= 4 is 6.03 Å². The lowest BCUT2D eigenvalue weighted by atomic mass is 10.1. The van der Waals surface area contributed by atoms with E-state index in [0.29, 0.717) is 6.54 Å². The number of hydrogen-bond donors (Lipinski definition) is 1. The van der Waals surface area contributed by atoms with Crippen molar-refractivity contribution in [1.82, 2.24) is 24.7 Å². The van der Waals surface area contributed by atoms with Gasteiger partial charge in [-0.1, -0.05) is 48.5 Å². The fourth-order valence-electron chi connectivity index (χ4n) is 3.55. The standard InChI is InChI=1S/C22H25N5O/c28-22(24-16-20-8-4-5-9-21(20)27-11-10-23-18-27)26-14-12-25(13-15-26)17-19-6-2-1-3-7-19/h1-11,18H,12-17H2,(H,24,28). The van der Waals surface area contributed by atoms with Crippen molar-refractivity contribution in [2.45, 2.75) is 13.1 Å². The molecule has 144 valence electrons. The molecule has 6 nitrogen and oxygen atoms in total. The van der Waals surface area contributed by atoms with Gasteiger partial charge in [-0.2, -0.15) is 0 Å². The van der Waals surface area contributed by atoms with Gasteiger partial charge in [-0.25, -0.2) is 9.78 Å². The molecule has 0 saturated carbocycles. The number of piperazine rings is 1. The van der Waals surface area contributed by atoms with Crippen molar-refractivity contribution in [2.24, 2.45) is 0 Å². The number of hydrogen-bond acceptors (Lipinski definition) is 3. The number of rotatable bonds is 5. The summed E-state index contributed by atoms with van der Waals surface area (Å²) in [6.45, 7) is 4.73. The molecule has 1 fully saturated rings. The molecule has 1 aromatic heterocycles. The van der Waals surface area contributed by atoms with Crippen molar-refractivity contribution < 1.29 is 4.79 Å². The van der Waals surface area contributed by atoms with E-state index in [1.807, 2.05) is 46.0 Å². The largest absolute Gasteiger partial charge is 0.334 e. The van der Waals surface area contributed by atoms with Gasteiger partial charge < -0.3 is 14.8 Å². The van der Waals surface area contributed by atoms with Crippen LogP contribution >= 0.6 is 0 Å². The first-order valence-corrected chi connectivity index (χ1v) is 9.65. The van der Waals surface area contributed by atoms with Crippen molar-refractivity contribution in [2.75, 3.05) is 26.2 Å².